The molecule has 1 N–H and O–H groups in total. The monoisotopic (exact) mass is 417 g/mol. The van der Waals surface area contributed by atoms with E-state index in [-0.39, 0.29) is 24.4 Å². The molecule has 6 nitrogen and oxygen atoms in total. The van der Waals surface area contributed by atoms with Crippen LogP contribution in [-0.2, 0) is 11.3 Å². The molecule has 4 rings (SSSR count). The van der Waals surface area contributed by atoms with Gasteiger partial charge < -0.3 is 19.4 Å². The number of hydrogen-bond donors (Lipinski definition) is 1. The lowest BCUT2D eigenvalue weighted by Crippen LogP contribution is -2.34. The smallest absolute Gasteiger partial charge is 0.240 e. The fraction of sp³-hybridized carbons (Fsp3) is 0.360. The minimum atomic E-state index is -0.165. The molecule has 1 aromatic heterocycles. The van der Waals surface area contributed by atoms with Crippen molar-refractivity contribution in [1.82, 2.24) is 9.88 Å². The second kappa shape index (κ2) is 8.73. The molecule has 2 heterocycles. The second-order valence-electron chi connectivity index (χ2n) is 8.22. The Kier molecular flexibility index (Phi) is 5.85. The zero-order valence-electron chi connectivity index (χ0n) is 18.1. The Morgan fingerprint density at radius 2 is 1.90 bits per heavy atom. The lowest BCUT2D eigenvalue weighted by Gasteiger charge is -2.24. The van der Waals surface area contributed by atoms with E-state index in [9.17, 15) is 10.1 Å². The predicted molar refractivity (Wildman–Crippen MR) is 119 cm³/mol. The van der Waals surface area contributed by atoms with Crippen molar-refractivity contribution in [3.05, 3.63) is 59.3 Å². The average molecular weight is 418 g/mol. The van der Waals surface area contributed by atoms with Crippen molar-refractivity contribution in [2.75, 3.05) is 13.2 Å². The van der Waals surface area contributed by atoms with E-state index >= 15 is 0 Å². The zero-order valence-corrected chi connectivity index (χ0v) is 18.1. The minimum absolute atomic E-state index is 0.0980. The standard InChI is InChI=1S/C25H27N3O3/c1-16(2)25(18-9-10-22-23(13-18)31-12-6-11-30-22)27-24(29)15-28-17(3)20(14-26)19-7-4-5-8-21(19)28/h4-5,7-10,13,16,25H,6,11-12,15H2,1-3H3,(H,27,29). The van der Waals surface area contributed by atoms with Crippen LogP contribution in [0.1, 0.15) is 43.1 Å². The summed E-state index contributed by atoms with van der Waals surface area (Å²) in [6, 6.07) is 15.7. The first-order valence-corrected chi connectivity index (χ1v) is 10.7. The SMILES string of the molecule is Cc1c(C#N)c2ccccc2n1CC(=O)NC(c1ccc2c(c1)OCCCO2)C(C)C. The molecule has 1 unspecified atom stereocenters. The van der Waals surface area contributed by atoms with Crippen molar-refractivity contribution in [3.8, 4) is 17.6 Å². The Morgan fingerprint density at radius 3 is 2.65 bits per heavy atom. The maximum Gasteiger partial charge on any atom is 0.240 e. The Morgan fingerprint density at radius 1 is 1.16 bits per heavy atom. The van der Waals surface area contributed by atoms with Gasteiger partial charge in [0.15, 0.2) is 11.5 Å². The first-order chi connectivity index (χ1) is 15.0. The predicted octanol–water partition coefficient (Wildman–Crippen LogP) is 4.50. The minimum Gasteiger partial charge on any atom is -0.490 e. The fourth-order valence-electron chi connectivity index (χ4n) is 4.15. The Labute approximate surface area is 182 Å². The van der Waals surface area contributed by atoms with Crippen molar-refractivity contribution in [1.29, 1.82) is 5.26 Å². The van der Waals surface area contributed by atoms with Crippen LogP contribution in [0.3, 0.4) is 0 Å². The summed E-state index contributed by atoms with van der Waals surface area (Å²) < 4.78 is 13.5. The molecule has 2 aromatic carbocycles. The lowest BCUT2D eigenvalue weighted by atomic mass is 9.95. The van der Waals surface area contributed by atoms with E-state index in [0.29, 0.717) is 18.8 Å². The fourth-order valence-corrected chi connectivity index (χ4v) is 4.15. The highest BCUT2D eigenvalue weighted by Gasteiger charge is 2.22. The molecular formula is C25H27N3O3. The summed E-state index contributed by atoms with van der Waals surface area (Å²) in [6.07, 6.45) is 0.850. The van der Waals surface area contributed by atoms with Gasteiger partial charge in [-0.05, 0) is 36.6 Å². The Balaban J connectivity index is 1.59. The molecule has 1 atom stereocenters. The maximum atomic E-state index is 13.1. The number of nitrogens with zero attached hydrogens (tertiary/aromatic N) is 2. The molecule has 1 aliphatic rings. The van der Waals surface area contributed by atoms with Gasteiger partial charge in [-0.15, -0.1) is 0 Å². The third kappa shape index (κ3) is 4.09. The summed E-state index contributed by atoms with van der Waals surface area (Å²) in [7, 11) is 0. The molecule has 0 aliphatic carbocycles. The molecule has 1 amide bonds. The van der Waals surface area contributed by atoms with E-state index in [1.165, 1.54) is 0 Å². The van der Waals surface area contributed by atoms with Crippen molar-refractivity contribution in [2.45, 2.75) is 39.8 Å². The molecule has 0 spiro atoms. The number of para-hydroxylation sites is 1. The van der Waals surface area contributed by atoms with Gasteiger partial charge >= 0.3 is 0 Å². The summed E-state index contributed by atoms with van der Waals surface area (Å²) in [4.78, 5) is 13.1. The van der Waals surface area contributed by atoms with Crippen LogP contribution >= 0.6 is 0 Å². The zero-order chi connectivity index (χ0) is 22.0. The topological polar surface area (TPSA) is 76.3 Å². The van der Waals surface area contributed by atoms with Gasteiger partial charge in [0.1, 0.15) is 12.6 Å². The quantitative estimate of drug-likeness (QED) is 0.663. The van der Waals surface area contributed by atoms with E-state index in [2.05, 4.69) is 25.2 Å². The Hall–Kier alpha value is -3.46. The van der Waals surface area contributed by atoms with Gasteiger partial charge in [-0.25, -0.2) is 0 Å². The lowest BCUT2D eigenvalue weighted by molar-refractivity contribution is -0.122. The number of rotatable bonds is 5. The molecule has 0 fully saturated rings. The molecule has 6 heteroatoms. The highest BCUT2D eigenvalue weighted by molar-refractivity contribution is 5.89. The van der Waals surface area contributed by atoms with Gasteiger partial charge in [-0.2, -0.15) is 5.26 Å². The average Bonchev–Trinajstić information content (AvgIpc) is 2.90. The number of aromatic nitrogens is 1. The summed E-state index contributed by atoms with van der Waals surface area (Å²) >= 11 is 0. The number of nitriles is 1. The van der Waals surface area contributed by atoms with Crippen molar-refractivity contribution in [2.24, 2.45) is 5.92 Å². The number of hydrogen-bond acceptors (Lipinski definition) is 4. The van der Waals surface area contributed by atoms with Crippen LogP contribution in [0, 0.1) is 24.2 Å². The number of amides is 1. The van der Waals surface area contributed by atoms with Gasteiger partial charge in [-0.1, -0.05) is 38.1 Å². The molecule has 0 saturated heterocycles. The molecule has 0 bridgehead atoms. The number of benzene rings is 2. The largest absolute Gasteiger partial charge is 0.490 e. The number of carbonyl (C=O) groups excluding carboxylic acids is 1. The number of carbonyl (C=O) groups is 1. The first kappa shape index (κ1) is 20.8. The third-order valence-electron chi connectivity index (χ3n) is 5.76. The van der Waals surface area contributed by atoms with Crippen LogP contribution in [0.4, 0.5) is 0 Å². The molecule has 31 heavy (non-hydrogen) atoms. The summed E-state index contributed by atoms with van der Waals surface area (Å²) in [5, 5.41) is 13.6. The van der Waals surface area contributed by atoms with E-state index < -0.39 is 0 Å². The van der Waals surface area contributed by atoms with Crippen LogP contribution < -0.4 is 14.8 Å². The van der Waals surface area contributed by atoms with Gasteiger partial charge in [0.2, 0.25) is 5.91 Å². The van der Waals surface area contributed by atoms with E-state index in [4.69, 9.17) is 9.47 Å². The number of nitrogens with one attached hydrogen (secondary N) is 1. The number of fused-ring (bicyclic) bond motifs is 2. The summed E-state index contributed by atoms with van der Waals surface area (Å²) in [5.74, 6) is 1.55. The van der Waals surface area contributed by atoms with Crippen LogP contribution in [0.2, 0.25) is 0 Å². The van der Waals surface area contributed by atoms with E-state index in [0.717, 1.165) is 40.1 Å². The highest BCUT2D eigenvalue weighted by atomic mass is 16.5. The van der Waals surface area contributed by atoms with Gasteiger partial charge in [-0.3, -0.25) is 4.79 Å². The normalized spacial score (nSPS) is 14.2. The highest BCUT2D eigenvalue weighted by Crippen LogP contribution is 2.34. The van der Waals surface area contributed by atoms with Gasteiger partial charge in [0.25, 0.3) is 0 Å². The van der Waals surface area contributed by atoms with Crippen LogP contribution in [-0.4, -0.2) is 23.7 Å². The van der Waals surface area contributed by atoms with Crippen LogP contribution in [0.15, 0.2) is 42.5 Å². The van der Waals surface area contributed by atoms with Crippen LogP contribution in [0.5, 0.6) is 11.5 Å². The van der Waals surface area contributed by atoms with Gasteiger partial charge in [0.05, 0.1) is 30.3 Å². The molecule has 0 saturated carbocycles. The van der Waals surface area contributed by atoms with Gasteiger partial charge in [0, 0.05) is 17.5 Å². The van der Waals surface area contributed by atoms with E-state index in [1.54, 1.807) is 0 Å². The molecule has 0 radical (unpaired) electrons. The third-order valence-corrected chi connectivity index (χ3v) is 5.76. The number of ether oxygens (including phenoxy) is 2. The second-order valence-corrected chi connectivity index (χ2v) is 8.22. The first-order valence-electron chi connectivity index (χ1n) is 10.7. The van der Waals surface area contributed by atoms with E-state index in [1.807, 2.05) is 54.0 Å². The molecule has 3 aromatic rings. The van der Waals surface area contributed by atoms with Crippen molar-refractivity contribution < 1.29 is 14.3 Å². The molecular weight excluding hydrogens is 390 g/mol. The molecule has 1 aliphatic heterocycles. The van der Waals surface area contributed by atoms with Crippen molar-refractivity contribution >= 4 is 16.8 Å². The maximum absolute atomic E-state index is 13.1. The molecule has 160 valence electrons. The van der Waals surface area contributed by atoms with Crippen LogP contribution in [0.25, 0.3) is 10.9 Å². The Bertz CT molecular complexity index is 1160. The summed E-state index contributed by atoms with van der Waals surface area (Å²) in [5.41, 5.74) is 3.30. The summed E-state index contributed by atoms with van der Waals surface area (Å²) in [6.45, 7) is 7.47. The van der Waals surface area contributed by atoms with Crippen molar-refractivity contribution in [3.63, 3.8) is 0 Å².